The number of thiophene rings is 1. The highest BCUT2D eigenvalue weighted by Crippen LogP contribution is 2.33. The zero-order chi connectivity index (χ0) is 9.26. The zero-order valence-corrected chi connectivity index (χ0v) is 8.86. The van der Waals surface area contributed by atoms with E-state index in [0.29, 0.717) is 6.04 Å². The number of hydrogen-bond donors (Lipinski definition) is 1. The first-order chi connectivity index (χ1) is 6.33. The van der Waals surface area contributed by atoms with Gasteiger partial charge in [0.25, 0.3) is 0 Å². The average Bonchev–Trinajstić information content (AvgIpc) is 2.63. The second-order valence-electron chi connectivity index (χ2n) is 3.43. The highest BCUT2D eigenvalue weighted by molar-refractivity contribution is 7.10. The molecule has 2 heterocycles. The van der Waals surface area contributed by atoms with Crippen LogP contribution in [0.1, 0.15) is 23.5 Å². The lowest BCUT2D eigenvalue weighted by Crippen LogP contribution is -2.32. The van der Waals surface area contributed by atoms with Crippen LogP contribution in [0.15, 0.2) is 11.4 Å². The van der Waals surface area contributed by atoms with Gasteiger partial charge in [0, 0.05) is 10.9 Å². The molecule has 1 N–H and O–H groups in total. The average molecular weight is 197 g/mol. The Hall–Kier alpha value is -0.380. The van der Waals surface area contributed by atoms with Gasteiger partial charge in [-0.15, -0.1) is 11.3 Å². The van der Waals surface area contributed by atoms with Gasteiger partial charge in [-0.2, -0.15) is 0 Å². The van der Waals surface area contributed by atoms with Gasteiger partial charge in [-0.1, -0.05) is 0 Å². The van der Waals surface area contributed by atoms with Crippen LogP contribution >= 0.6 is 11.3 Å². The maximum absolute atomic E-state index is 5.76. The van der Waals surface area contributed by atoms with E-state index in [1.807, 2.05) is 18.4 Å². The Kier molecular flexibility index (Phi) is 2.67. The fraction of sp³-hybridized carbons (Fsp3) is 0.600. The highest BCUT2D eigenvalue weighted by Gasteiger charge is 2.26. The molecule has 0 aliphatic carbocycles. The molecule has 0 aromatic carbocycles. The van der Waals surface area contributed by atoms with Crippen LogP contribution in [0.4, 0.5) is 0 Å². The fourth-order valence-corrected chi connectivity index (χ4v) is 2.80. The van der Waals surface area contributed by atoms with Gasteiger partial charge >= 0.3 is 0 Å². The van der Waals surface area contributed by atoms with Gasteiger partial charge in [-0.25, -0.2) is 0 Å². The predicted molar refractivity (Wildman–Crippen MR) is 55.2 cm³/mol. The molecule has 3 heteroatoms. The molecule has 0 spiro atoms. The summed E-state index contributed by atoms with van der Waals surface area (Å²) in [5.74, 6) is 0. The quantitative estimate of drug-likeness (QED) is 0.782. The van der Waals surface area contributed by atoms with Gasteiger partial charge in [0.15, 0.2) is 0 Å². The number of likely N-dealkylation sites (N-methyl/N-ethyl adjacent to an activating group) is 1. The van der Waals surface area contributed by atoms with Crippen molar-refractivity contribution in [1.29, 1.82) is 0 Å². The smallest absolute Gasteiger partial charge is 0.107 e. The molecule has 0 bridgehead atoms. The van der Waals surface area contributed by atoms with Crippen LogP contribution in [0.3, 0.4) is 0 Å². The van der Waals surface area contributed by atoms with Crippen molar-refractivity contribution in [2.24, 2.45) is 0 Å². The summed E-state index contributed by atoms with van der Waals surface area (Å²) in [6.45, 7) is 3.03. The molecule has 0 radical (unpaired) electrons. The van der Waals surface area contributed by atoms with E-state index in [1.165, 1.54) is 10.4 Å². The lowest BCUT2D eigenvalue weighted by molar-refractivity contribution is 0.0245. The van der Waals surface area contributed by atoms with E-state index >= 15 is 0 Å². The summed E-state index contributed by atoms with van der Waals surface area (Å²) in [6.07, 6.45) is 1.33. The van der Waals surface area contributed by atoms with E-state index in [0.717, 1.165) is 13.0 Å². The van der Waals surface area contributed by atoms with Crippen LogP contribution in [0.25, 0.3) is 0 Å². The summed E-state index contributed by atoms with van der Waals surface area (Å²) in [6, 6.07) is 2.62. The molecular formula is C10H15NOS. The maximum Gasteiger partial charge on any atom is 0.107 e. The summed E-state index contributed by atoms with van der Waals surface area (Å²) in [4.78, 5) is 1.41. The number of fused-ring (bicyclic) bond motifs is 1. The summed E-state index contributed by atoms with van der Waals surface area (Å²) in [7, 11) is 1.98. The summed E-state index contributed by atoms with van der Waals surface area (Å²) in [5, 5.41) is 5.41. The molecule has 0 saturated heterocycles. The fourth-order valence-electron chi connectivity index (χ4n) is 1.70. The minimum absolute atomic E-state index is 0.258. The Morgan fingerprint density at radius 3 is 3.31 bits per heavy atom. The van der Waals surface area contributed by atoms with Crippen LogP contribution in [0.5, 0.6) is 0 Å². The number of hydrogen-bond acceptors (Lipinski definition) is 3. The zero-order valence-electron chi connectivity index (χ0n) is 8.04. The highest BCUT2D eigenvalue weighted by atomic mass is 32.1. The van der Waals surface area contributed by atoms with Crippen LogP contribution in [-0.4, -0.2) is 19.7 Å². The van der Waals surface area contributed by atoms with E-state index in [-0.39, 0.29) is 6.10 Å². The SMILES string of the molecule is CN[C@H](C)[C@H]1OCCc2ccsc21. The summed E-state index contributed by atoms with van der Waals surface area (Å²) >= 11 is 1.81. The van der Waals surface area contributed by atoms with Crippen LogP contribution < -0.4 is 5.32 Å². The third-order valence-electron chi connectivity index (χ3n) is 2.62. The van der Waals surface area contributed by atoms with Crippen LogP contribution in [0, 0.1) is 0 Å². The molecule has 0 unspecified atom stereocenters. The van der Waals surface area contributed by atoms with E-state index in [1.54, 1.807) is 0 Å². The minimum Gasteiger partial charge on any atom is -0.371 e. The van der Waals surface area contributed by atoms with Crippen molar-refractivity contribution >= 4 is 11.3 Å². The Morgan fingerprint density at radius 2 is 2.54 bits per heavy atom. The molecule has 0 saturated carbocycles. The maximum atomic E-state index is 5.76. The lowest BCUT2D eigenvalue weighted by atomic mass is 10.0. The molecule has 1 aromatic heterocycles. The van der Waals surface area contributed by atoms with Crippen molar-refractivity contribution in [3.63, 3.8) is 0 Å². The Balaban J connectivity index is 2.24. The molecule has 72 valence electrons. The molecule has 2 atom stereocenters. The van der Waals surface area contributed by atoms with Gasteiger partial charge in [0.05, 0.1) is 6.61 Å². The number of rotatable bonds is 2. The second-order valence-corrected chi connectivity index (χ2v) is 4.38. The van der Waals surface area contributed by atoms with E-state index in [2.05, 4.69) is 23.7 Å². The van der Waals surface area contributed by atoms with Crippen molar-refractivity contribution < 1.29 is 4.74 Å². The molecule has 1 aliphatic heterocycles. The van der Waals surface area contributed by atoms with Crippen molar-refractivity contribution in [3.05, 3.63) is 21.9 Å². The molecule has 1 aliphatic rings. The van der Waals surface area contributed by atoms with Crippen molar-refractivity contribution in [2.75, 3.05) is 13.7 Å². The van der Waals surface area contributed by atoms with E-state index in [9.17, 15) is 0 Å². The van der Waals surface area contributed by atoms with Gasteiger partial charge < -0.3 is 10.1 Å². The van der Waals surface area contributed by atoms with Crippen LogP contribution in [0.2, 0.25) is 0 Å². The van der Waals surface area contributed by atoms with Gasteiger partial charge in [-0.3, -0.25) is 0 Å². The van der Waals surface area contributed by atoms with Gasteiger partial charge in [0.2, 0.25) is 0 Å². The second kappa shape index (κ2) is 3.78. The largest absolute Gasteiger partial charge is 0.371 e. The van der Waals surface area contributed by atoms with Crippen molar-refractivity contribution in [3.8, 4) is 0 Å². The number of ether oxygens (including phenoxy) is 1. The molecule has 1 aromatic rings. The molecule has 2 nitrogen and oxygen atoms in total. The van der Waals surface area contributed by atoms with Crippen molar-refractivity contribution in [2.45, 2.75) is 25.5 Å². The first kappa shape index (κ1) is 9.19. The molecule has 0 amide bonds. The number of nitrogens with one attached hydrogen (secondary N) is 1. The van der Waals surface area contributed by atoms with Crippen LogP contribution in [-0.2, 0) is 11.2 Å². The molecule has 2 rings (SSSR count). The van der Waals surface area contributed by atoms with Gasteiger partial charge in [0.1, 0.15) is 6.10 Å². The third kappa shape index (κ3) is 1.64. The summed E-state index contributed by atoms with van der Waals surface area (Å²) < 4.78 is 5.76. The van der Waals surface area contributed by atoms with Gasteiger partial charge in [-0.05, 0) is 37.4 Å². The topological polar surface area (TPSA) is 21.3 Å². The Labute approximate surface area is 82.9 Å². The van der Waals surface area contributed by atoms with Crippen molar-refractivity contribution in [1.82, 2.24) is 5.32 Å². The Morgan fingerprint density at radius 1 is 1.69 bits per heavy atom. The molecular weight excluding hydrogens is 182 g/mol. The lowest BCUT2D eigenvalue weighted by Gasteiger charge is -2.27. The predicted octanol–water partition coefficient (Wildman–Crippen LogP) is 1.97. The van der Waals surface area contributed by atoms with E-state index in [4.69, 9.17) is 4.74 Å². The third-order valence-corrected chi connectivity index (χ3v) is 3.64. The normalized spacial score (nSPS) is 24.0. The first-order valence-corrected chi connectivity index (χ1v) is 5.56. The monoisotopic (exact) mass is 197 g/mol. The molecule has 0 fully saturated rings. The van der Waals surface area contributed by atoms with E-state index < -0.39 is 0 Å². The standard InChI is InChI=1S/C10H15NOS/c1-7(11-2)9-10-8(3-5-12-9)4-6-13-10/h4,6-7,9,11H,3,5H2,1-2H3/t7-,9-/m1/s1. The summed E-state index contributed by atoms with van der Waals surface area (Å²) in [5.41, 5.74) is 1.48. The first-order valence-electron chi connectivity index (χ1n) is 4.68. The minimum atomic E-state index is 0.258. The molecule has 13 heavy (non-hydrogen) atoms. The Bertz CT molecular complexity index is 284.